The minimum absolute atomic E-state index is 0.117. The van der Waals surface area contributed by atoms with Gasteiger partial charge in [0.05, 0.1) is 10.6 Å². The van der Waals surface area contributed by atoms with Gasteiger partial charge in [-0.3, -0.25) is 9.10 Å². The SMILES string of the molecule is CC(=O)N1CCN(c2ccc3c(c2)CCCN3S(=O)(=O)c2ccccc2)CC1. The molecule has 0 N–H and O–H groups in total. The Hall–Kier alpha value is -2.54. The van der Waals surface area contributed by atoms with Gasteiger partial charge in [-0.15, -0.1) is 0 Å². The van der Waals surface area contributed by atoms with Crippen LogP contribution >= 0.6 is 0 Å². The third-order valence-electron chi connectivity index (χ3n) is 5.56. The number of aryl methyl sites for hydroxylation is 1. The lowest BCUT2D eigenvalue weighted by Crippen LogP contribution is -2.48. The van der Waals surface area contributed by atoms with Crippen LogP contribution in [-0.4, -0.2) is 51.9 Å². The number of carbonyl (C=O) groups excluding carboxylic acids is 1. The summed E-state index contributed by atoms with van der Waals surface area (Å²) in [5, 5.41) is 0. The average Bonchev–Trinajstić information content (AvgIpc) is 2.73. The van der Waals surface area contributed by atoms with Crippen molar-refractivity contribution >= 4 is 27.3 Å². The summed E-state index contributed by atoms with van der Waals surface area (Å²) in [7, 11) is -3.55. The van der Waals surface area contributed by atoms with Crippen LogP contribution < -0.4 is 9.21 Å². The Labute approximate surface area is 166 Å². The molecule has 148 valence electrons. The molecule has 0 aliphatic carbocycles. The fraction of sp³-hybridized carbons (Fsp3) is 0.381. The molecule has 0 unspecified atom stereocenters. The van der Waals surface area contributed by atoms with E-state index in [2.05, 4.69) is 11.0 Å². The van der Waals surface area contributed by atoms with Gasteiger partial charge in [-0.05, 0) is 48.7 Å². The fourth-order valence-electron chi connectivity index (χ4n) is 3.99. The molecule has 0 radical (unpaired) electrons. The van der Waals surface area contributed by atoms with Crippen molar-refractivity contribution in [1.29, 1.82) is 0 Å². The van der Waals surface area contributed by atoms with E-state index in [0.717, 1.165) is 56.0 Å². The van der Waals surface area contributed by atoms with Gasteiger partial charge >= 0.3 is 0 Å². The first-order valence-electron chi connectivity index (χ1n) is 9.68. The van der Waals surface area contributed by atoms with Crippen LogP contribution in [0.25, 0.3) is 0 Å². The van der Waals surface area contributed by atoms with Crippen LogP contribution in [0.1, 0.15) is 18.9 Å². The van der Waals surface area contributed by atoms with E-state index in [4.69, 9.17) is 0 Å². The predicted octanol–water partition coefficient (Wildman–Crippen LogP) is 2.50. The van der Waals surface area contributed by atoms with E-state index < -0.39 is 10.0 Å². The summed E-state index contributed by atoms with van der Waals surface area (Å²) in [6, 6.07) is 14.7. The molecule has 0 aromatic heterocycles. The van der Waals surface area contributed by atoms with Gasteiger partial charge in [-0.25, -0.2) is 8.42 Å². The summed E-state index contributed by atoms with van der Waals surface area (Å²) in [5.41, 5.74) is 2.94. The smallest absolute Gasteiger partial charge is 0.264 e. The van der Waals surface area contributed by atoms with E-state index in [1.807, 2.05) is 23.1 Å². The van der Waals surface area contributed by atoms with Crippen LogP contribution in [0, 0.1) is 0 Å². The highest BCUT2D eigenvalue weighted by atomic mass is 32.2. The lowest BCUT2D eigenvalue weighted by atomic mass is 10.0. The van der Waals surface area contributed by atoms with E-state index in [9.17, 15) is 13.2 Å². The number of hydrogen-bond donors (Lipinski definition) is 0. The zero-order chi connectivity index (χ0) is 19.7. The second-order valence-corrected chi connectivity index (χ2v) is 9.16. The molecule has 0 spiro atoms. The van der Waals surface area contributed by atoms with E-state index in [-0.39, 0.29) is 5.91 Å². The highest BCUT2D eigenvalue weighted by Gasteiger charge is 2.29. The van der Waals surface area contributed by atoms with Crippen molar-refractivity contribution in [3.05, 3.63) is 54.1 Å². The highest BCUT2D eigenvalue weighted by Crippen LogP contribution is 2.34. The molecule has 1 saturated heterocycles. The van der Waals surface area contributed by atoms with Crippen molar-refractivity contribution in [3.8, 4) is 0 Å². The molecule has 2 aliphatic rings. The van der Waals surface area contributed by atoms with Gasteiger partial charge in [0, 0.05) is 45.3 Å². The third-order valence-corrected chi connectivity index (χ3v) is 7.39. The van der Waals surface area contributed by atoms with Crippen molar-refractivity contribution in [1.82, 2.24) is 4.90 Å². The monoisotopic (exact) mass is 399 g/mol. The molecule has 4 rings (SSSR count). The first kappa shape index (κ1) is 18.8. The van der Waals surface area contributed by atoms with Crippen LogP contribution in [-0.2, 0) is 21.2 Å². The van der Waals surface area contributed by atoms with E-state index >= 15 is 0 Å². The molecule has 0 saturated carbocycles. The van der Waals surface area contributed by atoms with Crippen molar-refractivity contribution < 1.29 is 13.2 Å². The number of fused-ring (bicyclic) bond motifs is 1. The second-order valence-electron chi connectivity index (χ2n) is 7.30. The first-order valence-corrected chi connectivity index (χ1v) is 11.1. The molecular formula is C21H25N3O3S. The van der Waals surface area contributed by atoms with Crippen LogP contribution in [0.3, 0.4) is 0 Å². The second kappa shape index (κ2) is 7.47. The zero-order valence-electron chi connectivity index (χ0n) is 16.0. The number of rotatable bonds is 3. The maximum Gasteiger partial charge on any atom is 0.264 e. The molecule has 2 aliphatic heterocycles. The third kappa shape index (κ3) is 3.46. The number of piperazine rings is 1. The van der Waals surface area contributed by atoms with E-state index in [0.29, 0.717) is 11.4 Å². The molecule has 1 amide bonds. The zero-order valence-corrected chi connectivity index (χ0v) is 16.9. The van der Waals surface area contributed by atoms with E-state index in [1.54, 1.807) is 35.5 Å². The highest BCUT2D eigenvalue weighted by molar-refractivity contribution is 7.92. The lowest BCUT2D eigenvalue weighted by Gasteiger charge is -2.37. The maximum atomic E-state index is 13.1. The summed E-state index contributed by atoms with van der Waals surface area (Å²) < 4.78 is 27.8. The molecule has 2 aromatic carbocycles. The standard InChI is InChI=1S/C21H25N3O3S/c1-17(25)22-12-14-23(15-13-22)19-9-10-21-18(16-19)6-5-11-24(21)28(26,27)20-7-3-2-4-8-20/h2-4,7-10,16H,5-6,11-15H2,1H3. The van der Waals surface area contributed by atoms with Crippen LogP contribution in [0.4, 0.5) is 11.4 Å². The summed E-state index contributed by atoms with van der Waals surface area (Å²) in [6.45, 7) is 5.15. The number of carbonyl (C=O) groups is 1. The van der Waals surface area contributed by atoms with Gasteiger partial charge in [-0.2, -0.15) is 0 Å². The summed E-state index contributed by atoms with van der Waals surface area (Å²) in [4.78, 5) is 16.0. The van der Waals surface area contributed by atoms with Crippen molar-refractivity contribution in [2.24, 2.45) is 0 Å². The van der Waals surface area contributed by atoms with Gasteiger partial charge in [0.15, 0.2) is 0 Å². The lowest BCUT2D eigenvalue weighted by molar-refractivity contribution is -0.129. The summed E-state index contributed by atoms with van der Waals surface area (Å²) in [5.74, 6) is 0.117. The Balaban J connectivity index is 1.59. The molecular weight excluding hydrogens is 374 g/mol. The normalized spacial score (nSPS) is 17.4. The number of hydrogen-bond acceptors (Lipinski definition) is 4. The number of amides is 1. The van der Waals surface area contributed by atoms with Crippen LogP contribution in [0.15, 0.2) is 53.4 Å². The number of anilines is 2. The topological polar surface area (TPSA) is 60.9 Å². The Morgan fingerprint density at radius 1 is 0.929 bits per heavy atom. The number of sulfonamides is 1. The molecule has 7 heteroatoms. The molecule has 0 atom stereocenters. The Bertz CT molecular complexity index is 968. The number of nitrogens with zero attached hydrogens (tertiary/aromatic N) is 3. The van der Waals surface area contributed by atoms with Crippen LogP contribution in [0.5, 0.6) is 0 Å². The molecule has 2 aromatic rings. The molecule has 1 fully saturated rings. The van der Waals surface area contributed by atoms with Crippen molar-refractivity contribution in [2.75, 3.05) is 41.9 Å². The minimum atomic E-state index is -3.55. The van der Waals surface area contributed by atoms with Crippen molar-refractivity contribution in [3.63, 3.8) is 0 Å². The number of benzene rings is 2. The molecule has 6 nitrogen and oxygen atoms in total. The molecule has 0 bridgehead atoms. The summed E-state index contributed by atoms with van der Waals surface area (Å²) >= 11 is 0. The quantitative estimate of drug-likeness (QED) is 0.796. The summed E-state index contributed by atoms with van der Waals surface area (Å²) in [6.07, 6.45) is 1.68. The first-order chi connectivity index (χ1) is 13.5. The fourth-order valence-corrected chi connectivity index (χ4v) is 5.56. The molecule has 2 heterocycles. The Morgan fingerprint density at radius 3 is 2.32 bits per heavy atom. The van der Waals surface area contributed by atoms with Gasteiger partial charge in [0.25, 0.3) is 10.0 Å². The van der Waals surface area contributed by atoms with Gasteiger partial charge in [0.2, 0.25) is 5.91 Å². The average molecular weight is 400 g/mol. The van der Waals surface area contributed by atoms with E-state index in [1.165, 1.54) is 0 Å². The van der Waals surface area contributed by atoms with Crippen molar-refractivity contribution in [2.45, 2.75) is 24.7 Å². The predicted molar refractivity (Wildman–Crippen MR) is 110 cm³/mol. The maximum absolute atomic E-state index is 13.1. The van der Waals surface area contributed by atoms with Gasteiger partial charge in [-0.1, -0.05) is 18.2 Å². The Kier molecular flexibility index (Phi) is 5.02. The largest absolute Gasteiger partial charge is 0.368 e. The minimum Gasteiger partial charge on any atom is -0.368 e. The van der Waals surface area contributed by atoms with Gasteiger partial charge in [0.1, 0.15) is 0 Å². The van der Waals surface area contributed by atoms with Crippen LogP contribution in [0.2, 0.25) is 0 Å². The Morgan fingerprint density at radius 2 is 1.64 bits per heavy atom. The molecule has 28 heavy (non-hydrogen) atoms. The van der Waals surface area contributed by atoms with Gasteiger partial charge < -0.3 is 9.80 Å².